The Balaban J connectivity index is 0.000000492. The van der Waals surface area contributed by atoms with Crippen molar-refractivity contribution < 1.29 is 136 Å². The molecule has 12 N–H and O–H groups in total. The van der Waals surface area contributed by atoms with Crippen molar-refractivity contribution in [2.75, 3.05) is 0 Å². The van der Waals surface area contributed by atoms with Crippen LogP contribution in [-0.2, 0) is 83.9 Å². The first-order chi connectivity index (χ1) is 50.5. The zero-order valence-corrected chi connectivity index (χ0v) is 66.2. The van der Waals surface area contributed by atoms with Crippen molar-refractivity contribution in [3.63, 3.8) is 0 Å². The Labute approximate surface area is 714 Å². The topological polar surface area (TPSA) is 324 Å². The second-order valence-electron chi connectivity index (χ2n) is 22.4. The summed E-state index contributed by atoms with van der Waals surface area (Å²) in [6.45, 7) is 0. The number of hydrogen-bond acceptors (Lipinski definition) is 16. The van der Waals surface area contributed by atoms with Gasteiger partial charge < -0.3 is 51.8 Å². The van der Waals surface area contributed by atoms with Crippen LogP contribution in [0.15, 0.2) is 331 Å². The van der Waals surface area contributed by atoms with E-state index < -0.39 is 24.7 Å². The molecule has 0 aromatic heterocycles. The Kier molecular flexibility index (Phi) is 45.0. The molecule has 0 aliphatic carbocycles. The fourth-order valence-corrected chi connectivity index (χ4v) is 9.87. The van der Waals surface area contributed by atoms with Gasteiger partial charge in [0, 0.05) is 198 Å². The first-order valence-electron chi connectivity index (χ1n) is 32.0. The molecule has 12 aromatic carbocycles. The van der Waals surface area contributed by atoms with Gasteiger partial charge in [0.2, 0.25) is 0 Å². The van der Waals surface area contributed by atoms with E-state index in [-0.39, 0.29) is 141 Å². The van der Waals surface area contributed by atoms with Crippen LogP contribution in [0.3, 0.4) is 0 Å². The molecule has 0 bridgehead atoms. The number of hydrogen-bond donors (Lipinski definition) is 8. The minimum Gasteiger partial charge on any atom is -0.507 e. The van der Waals surface area contributed by atoms with Gasteiger partial charge in [-0.1, -0.05) is 192 Å². The molecule has 0 aliphatic heterocycles. The molecule has 0 spiro atoms. The summed E-state index contributed by atoms with van der Waals surface area (Å²) in [4.78, 5) is 35.9. The van der Waals surface area contributed by atoms with E-state index in [1.807, 2.05) is 97.1 Å². The number of phenols is 8. The van der Waals surface area contributed by atoms with Crippen molar-refractivity contribution in [3.05, 3.63) is 378 Å². The van der Waals surface area contributed by atoms with Crippen molar-refractivity contribution in [2.45, 2.75) is 24.7 Å². The molecule has 0 unspecified atom stereocenters. The van der Waals surface area contributed by atoms with Crippen molar-refractivity contribution in [1.82, 2.24) is 0 Å². The molecule has 0 amide bonds. The Morgan fingerprint density at radius 3 is 0.396 bits per heavy atom. The molecule has 0 aliphatic rings. The smallest absolute Gasteiger partial charge is 0.165 e. The molecule has 111 heavy (non-hydrogen) atoms. The van der Waals surface area contributed by atoms with Gasteiger partial charge in [0.15, 0.2) is 24.7 Å². The van der Waals surface area contributed by atoms with E-state index in [4.69, 9.17) is 46.4 Å². The molecule has 0 atom stereocenters. The normalized spacial score (nSPS) is 11.9. The molecule has 581 valence electrons. The minimum atomic E-state index is -0.536. The summed E-state index contributed by atoms with van der Waals surface area (Å²) in [7, 11) is 0. The first kappa shape index (κ1) is 97.1. The third-order valence-electron chi connectivity index (χ3n) is 15.0. The molecule has 27 heteroatoms. The molecular formula is C84H72Cl4Co5N8O10. The number of nitrogens with zero attached hydrogens (tertiary/aromatic N) is 8. The molecular weight excluding hydrogens is 1720 g/mol. The molecule has 12 aromatic rings. The average molecular weight is 1790 g/mol. The van der Waals surface area contributed by atoms with Gasteiger partial charge >= 0.3 is 0 Å². The average Bonchev–Trinajstić information content (AvgIpc) is 0.867. The second-order valence-corrected chi connectivity index (χ2v) is 24.1. The zero-order valence-electron chi connectivity index (χ0n) is 58.0. The number of halogens is 4. The molecule has 5 radical (unpaired) electrons. The third kappa shape index (κ3) is 31.7. The Morgan fingerprint density at radius 1 is 0.180 bits per heavy atom. The van der Waals surface area contributed by atoms with Crippen LogP contribution in [0.4, 0.5) is 0 Å². The predicted octanol–water partition coefficient (Wildman–Crippen LogP) is 18.3. The van der Waals surface area contributed by atoms with Crippen molar-refractivity contribution in [1.29, 1.82) is 0 Å². The fraction of sp³-hybridized carbons (Fsp3) is 0.0476. The van der Waals surface area contributed by atoms with Gasteiger partial charge in [-0.25, -0.2) is 0 Å². The third-order valence-corrected chi connectivity index (χ3v) is 16.0. The second kappa shape index (κ2) is 51.5. The summed E-state index contributed by atoms with van der Waals surface area (Å²) < 4.78 is 0. The van der Waals surface area contributed by atoms with E-state index >= 15 is 0 Å². The number of aliphatic imine (C=N–C) groups is 8. The van der Waals surface area contributed by atoms with Gasteiger partial charge in [-0.3, -0.25) is 39.9 Å². The van der Waals surface area contributed by atoms with E-state index in [0.29, 0.717) is 64.6 Å². The quantitative estimate of drug-likeness (QED) is 0.0338. The number of benzene rings is 12. The molecule has 0 fully saturated rings. The van der Waals surface area contributed by atoms with E-state index in [1.54, 1.807) is 244 Å². The Hall–Kier alpha value is -9.99. The predicted molar refractivity (Wildman–Crippen MR) is 430 cm³/mol. The number of aromatic hydroxyl groups is 8. The van der Waals surface area contributed by atoms with Gasteiger partial charge in [0.25, 0.3) is 0 Å². The summed E-state index contributed by atoms with van der Waals surface area (Å²) in [6.07, 6.45) is 10.5. The van der Waals surface area contributed by atoms with Crippen LogP contribution < -0.4 is 0 Å². The Bertz CT molecular complexity index is 4190. The molecule has 0 saturated carbocycles. The first-order valence-corrected chi connectivity index (χ1v) is 33.6. The van der Waals surface area contributed by atoms with Crippen LogP contribution >= 0.6 is 46.4 Å². The fourth-order valence-electron chi connectivity index (χ4n) is 9.36. The van der Waals surface area contributed by atoms with Crippen LogP contribution in [0.2, 0.25) is 20.1 Å². The number of rotatable bonds is 20. The molecule has 18 nitrogen and oxygen atoms in total. The van der Waals surface area contributed by atoms with Crippen molar-refractivity contribution >= 4 is 96.1 Å². The van der Waals surface area contributed by atoms with Crippen LogP contribution in [0, 0.1) is 0 Å². The van der Waals surface area contributed by atoms with E-state index in [2.05, 4.69) is 39.9 Å². The summed E-state index contributed by atoms with van der Waals surface area (Å²) in [5.41, 5.74) is 8.17. The van der Waals surface area contributed by atoms with Crippen LogP contribution in [0.25, 0.3) is 0 Å². The van der Waals surface area contributed by atoms with E-state index in [1.165, 1.54) is 0 Å². The molecule has 0 heterocycles. The Morgan fingerprint density at radius 2 is 0.288 bits per heavy atom. The number of para-hydroxylation sites is 8. The van der Waals surface area contributed by atoms with E-state index in [0.717, 1.165) is 22.3 Å². The van der Waals surface area contributed by atoms with Gasteiger partial charge in [0.1, 0.15) is 46.0 Å². The van der Waals surface area contributed by atoms with Gasteiger partial charge in [-0.05, 0) is 168 Å². The van der Waals surface area contributed by atoms with Crippen molar-refractivity contribution in [2.24, 2.45) is 39.9 Å². The maximum Gasteiger partial charge on any atom is 0.165 e. The summed E-state index contributed by atoms with van der Waals surface area (Å²) >= 11 is 23.8. The summed E-state index contributed by atoms with van der Waals surface area (Å²) in [5, 5.41) is 81.7. The number of phenolic OH excluding ortho intramolecular Hbond substituents is 8. The van der Waals surface area contributed by atoms with Crippen LogP contribution in [-0.4, -0.2) is 102 Å². The maximum absolute atomic E-state index is 9.89. The molecule has 12 rings (SSSR count). The summed E-state index contributed by atoms with van der Waals surface area (Å²) in [6, 6.07) is 84.5. The van der Waals surface area contributed by atoms with Gasteiger partial charge in [-0.2, -0.15) is 0 Å². The van der Waals surface area contributed by atoms with Gasteiger partial charge in [-0.15, -0.1) is 0 Å². The van der Waals surface area contributed by atoms with Crippen molar-refractivity contribution in [3.8, 4) is 46.0 Å². The van der Waals surface area contributed by atoms with E-state index in [9.17, 15) is 40.9 Å². The monoisotopic (exact) mass is 1790 g/mol. The van der Waals surface area contributed by atoms with Crippen LogP contribution in [0.5, 0.6) is 46.0 Å². The molecule has 0 saturated heterocycles. The minimum absolute atomic E-state index is 0. The zero-order chi connectivity index (χ0) is 73.4. The largest absolute Gasteiger partial charge is 0.507 e. The van der Waals surface area contributed by atoms with Gasteiger partial charge in [0.05, 0.1) is 0 Å². The standard InChI is InChI=1S/4C21H17ClN2O2.5Co.2H2O/c4*22-18-11-9-15(10-12-18)21(23-13-16-5-1-3-7-19(16)25)24-14-17-6-2-4-8-20(17)26;;;;;;;/h4*1-14,21,25-26H;;;;;;2*1H2. The summed E-state index contributed by atoms with van der Waals surface area (Å²) in [5.74, 6) is 1.19. The maximum atomic E-state index is 9.89. The SMILES string of the molecule is O.O.Oc1ccccc1C=NC(N=Cc1ccccc1O)c1ccc(Cl)cc1.Oc1ccccc1C=NC(N=Cc1ccccc1O)c1ccc(Cl)cc1.Oc1ccccc1C=NC(N=Cc1ccccc1O)c1ccc(Cl)cc1.Oc1ccccc1C=NC(N=Cc1ccccc1O)c1ccc(Cl)cc1.[Co].[Co].[Co].[Co].[Co]. The van der Waals surface area contributed by atoms with Crippen LogP contribution in [0.1, 0.15) is 91.4 Å².